The van der Waals surface area contributed by atoms with E-state index >= 15 is 0 Å². The third-order valence-electron chi connectivity index (χ3n) is 5.48. The van der Waals surface area contributed by atoms with E-state index in [1.807, 2.05) is 6.92 Å². The molecule has 0 bridgehead atoms. The lowest BCUT2D eigenvalue weighted by molar-refractivity contribution is -0.125. The first-order valence-electron chi connectivity index (χ1n) is 10.3. The lowest BCUT2D eigenvalue weighted by atomic mass is 10.2. The van der Waals surface area contributed by atoms with E-state index in [-0.39, 0.29) is 10.8 Å². The van der Waals surface area contributed by atoms with Gasteiger partial charge in [-0.1, -0.05) is 13.3 Å². The number of piperidine rings is 1. The van der Waals surface area contributed by atoms with Gasteiger partial charge in [0.25, 0.3) is 5.91 Å². The molecule has 0 saturated carbocycles. The summed E-state index contributed by atoms with van der Waals surface area (Å²) in [5.41, 5.74) is 1.29. The van der Waals surface area contributed by atoms with Crippen molar-refractivity contribution in [3.05, 3.63) is 18.2 Å². The van der Waals surface area contributed by atoms with Gasteiger partial charge in [0, 0.05) is 33.3 Å². The highest BCUT2D eigenvalue weighted by Crippen LogP contribution is 2.32. The van der Waals surface area contributed by atoms with E-state index in [0.29, 0.717) is 51.5 Å². The predicted octanol–water partition coefficient (Wildman–Crippen LogP) is 2.06. The quantitative estimate of drug-likeness (QED) is 0.719. The first kappa shape index (κ1) is 22.0. The second-order valence-corrected chi connectivity index (χ2v) is 9.30. The van der Waals surface area contributed by atoms with E-state index in [1.165, 1.54) is 11.4 Å². The van der Waals surface area contributed by atoms with Gasteiger partial charge in [0.2, 0.25) is 10.0 Å². The number of amides is 1. The van der Waals surface area contributed by atoms with E-state index < -0.39 is 16.1 Å². The molecular formula is C20H31N3O5S. The van der Waals surface area contributed by atoms with Crippen molar-refractivity contribution in [2.24, 2.45) is 0 Å². The van der Waals surface area contributed by atoms with Crippen molar-refractivity contribution in [2.45, 2.75) is 43.6 Å². The highest BCUT2D eigenvalue weighted by molar-refractivity contribution is 7.89. The fourth-order valence-electron chi connectivity index (χ4n) is 3.78. The van der Waals surface area contributed by atoms with E-state index in [2.05, 4.69) is 10.2 Å². The minimum absolute atomic E-state index is 0.206. The predicted molar refractivity (Wildman–Crippen MR) is 112 cm³/mol. The molecule has 0 aliphatic carbocycles. The summed E-state index contributed by atoms with van der Waals surface area (Å²) in [5.74, 6) is -0.281. The average Bonchev–Trinajstić information content (AvgIpc) is 2.76. The van der Waals surface area contributed by atoms with Gasteiger partial charge in [-0.3, -0.25) is 4.79 Å². The molecule has 8 nitrogen and oxygen atoms in total. The van der Waals surface area contributed by atoms with Gasteiger partial charge in [-0.15, -0.1) is 0 Å². The monoisotopic (exact) mass is 425 g/mol. The van der Waals surface area contributed by atoms with Crippen molar-refractivity contribution in [1.29, 1.82) is 0 Å². The summed E-state index contributed by atoms with van der Waals surface area (Å²) >= 11 is 0. The molecule has 2 aliphatic heterocycles. The lowest BCUT2D eigenvalue weighted by Gasteiger charge is -2.31. The zero-order valence-electron chi connectivity index (χ0n) is 17.2. The van der Waals surface area contributed by atoms with Crippen molar-refractivity contribution >= 4 is 27.3 Å². The summed E-state index contributed by atoms with van der Waals surface area (Å²) in [5, 5.41) is 2.90. The zero-order chi connectivity index (χ0) is 20.9. The summed E-state index contributed by atoms with van der Waals surface area (Å²) < 4.78 is 38.4. The maximum Gasteiger partial charge on any atom is 0.253 e. The molecule has 1 unspecified atom stereocenters. The Kier molecular flexibility index (Phi) is 7.50. The molecular weight excluding hydrogens is 394 g/mol. The van der Waals surface area contributed by atoms with E-state index in [4.69, 9.17) is 9.47 Å². The van der Waals surface area contributed by atoms with Crippen LogP contribution in [0.25, 0.3) is 0 Å². The molecule has 2 fully saturated rings. The summed E-state index contributed by atoms with van der Waals surface area (Å²) in [7, 11) is -2.10. The Balaban J connectivity index is 1.94. The number of nitrogens with zero attached hydrogens (tertiary/aromatic N) is 2. The van der Waals surface area contributed by atoms with Gasteiger partial charge in [-0.25, -0.2) is 8.42 Å². The van der Waals surface area contributed by atoms with Crippen molar-refractivity contribution < 1.29 is 22.7 Å². The van der Waals surface area contributed by atoms with Gasteiger partial charge in [0.05, 0.1) is 29.5 Å². The third-order valence-corrected chi connectivity index (χ3v) is 7.37. The molecule has 0 spiro atoms. The van der Waals surface area contributed by atoms with Crippen molar-refractivity contribution in [1.82, 2.24) is 4.31 Å². The molecule has 162 valence electrons. The number of morpholine rings is 1. The highest BCUT2D eigenvalue weighted by atomic mass is 32.2. The second kappa shape index (κ2) is 9.88. The van der Waals surface area contributed by atoms with Crippen molar-refractivity contribution in [2.75, 3.05) is 56.7 Å². The van der Waals surface area contributed by atoms with Crippen LogP contribution in [0, 0.1) is 0 Å². The molecule has 1 atom stereocenters. The van der Waals surface area contributed by atoms with Crippen LogP contribution in [-0.4, -0.2) is 71.2 Å². The zero-order valence-corrected chi connectivity index (χ0v) is 18.0. The number of rotatable bonds is 7. The highest BCUT2D eigenvalue weighted by Gasteiger charge is 2.28. The Bertz CT molecular complexity index is 798. The van der Waals surface area contributed by atoms with Gasteiger partial charge < -0.3 is 19.7 Å². The molecule has 1 aromatic carbocycles. The van der Waals surface area contributed by atoms with Gasteiger partial charge >= 0.3 is 0 Å². The number of sulfonamides is 1. The number of anilines is 2. The van der Waals surface area contributed by atoms with E-state index in [1.54, 1.807) is 18.2 Å². The second-order valence-electron chi connectivity index (χ2n) is 7.36. The number of carbonyl (C=O) groups excluding carboxylic acids is 1. The van der Waals surface area contributed by atoms with Crippen LogP contribution in [0.15, 0.2) is 23.1 Å². The number of methoxy groups -OCH3 is 1. The van der Waals surface area contributed by atoms with Gasteiger partial charge in [0.15, 0.2) is 0 Å². The number of ether oxygens (including phenoxy) is 2. The molecule has 2 heterocycles. The fourth-order valence-corrected chi connectivity index (χ4v) is 5.33. The molecule has 2 aliphatic rings. The van der Waals surface area contributed by atoms with Crippen LogP contribution in [0.1, 0.15) is 32.6 Å². The van der Waals surface area contributed by atoms with E-state index in [0.717, 1.165) is 24.9 Å². The minimum Gasteiger partial charge on any atom is -0.378 e. The van der Waals surface area contributed by atoms with Gasteiger partial charge in [-0.05, 0) is 37.5 Å². The number of carbonyl (C=O) groups is 1. The molecule has 29 heavy (non-hydrogen) atoms. The first-order valence-corrected chi connectivity index (χ1v) is 11.7. The Morgan fingerprint density at radius 1 is 1.17 bits per heavy atom. The molecule has 1 N–H and O–H groups in total. The molecule has 0 aromatic heterocycles. The number of benzene rings is 1. The molecule has 3 rings (SSSR count). The van der Waals surface area contributed by atoms with Crippen LogP contribution in [0.3, 0.4) is 0 Å². The number of hydrogen-bond acceptors (Lipinski definition) is 6. The van der Waals surface area contributed by atoms with Crippen LogP contribution >= 0.6 is 0 Å². The van der Waals surface area contributed by atoms with Crippen LogP contribution < -0.4 is 10.2 Å². The first-order chi connectivity index (χ1) is 14.0. The van der Waals surface area contributed by atoms with Crippen molar-refractivity contribution in [3.8, 4) is 0 Å². The number of nitrogens with one attached hydrogen (secondary N) is 1. The summed E-state index contributed by atoms with van der Waals surface area (Å²) in [6.07, 6.45) is 2.75. The van der Waals surface area contributed by atoms with Gasteiger partial charge in [0.1, 0.15) is 6.10 Å². The Morgan fingerprint density at radius 3 is 2.48 bits per heavy atom. The van der Waals surface area contributed by atoms with Crippen LogP contribution in [0.2, 0.25) is 0 Å². The molecule has 1 amide bonds. The topological polar surface area (TPSA) is 88.2 Å². The van der Waals surface area contributed by atoms with Crippen LogP contribution in [0.5, 0.6) is 0 Å². The maximum absolute atomic E-state index is 13.1. The summed E-state index contributed by atoms with van der Waals surface area (Å²) in [4.78, 5) is 14.9. The standard InChI is InChI=1S/C20H31N3O5S/c1-3-19(27-2)20(24)21-17-15-16(29(25,26)23-9-5-4-6-10-23)7-8-18(17)22-11-13-28-14-12-22/h7-8,15,19H,3-6,9-14H2,1-2H3,(H,21,24). The molecule has 1 aromatic rings. The molecule has 0 radical (unpaired) electrons. The fraction of sp³-hybridized carbons (Fsp3) is 0.650. The third kappa shape index (κ3) is 5.09. The van der Waals surface area contributed by atoms with Gasteiger partial charge in [-0.2, -0.15) is 4.31 Å². The van der Waals surface area contributed by atoms with Crippen molar-refractivity contribution in [3.63, 3.8) is 0 Å². The summed E-state index contributed by atoms with van der Waals surface area (Å²) in [6.45, 7) is 5.50. The van der Waals surface area contributed by atoms with E-state index in [9.17, 15) is 13.2 Å². The Morgan fingerprint density at radius 2 is 1.86 bits per heavy atom. The number of hydrogen-bond donors (Lipinski definition) is 1. The minimum atomic E-state index is -3.59. The maximum atomic E-state index is 13.1. The molecule has 2 saturated heterocycles. The smallest absolute Gasteiger partial charge is 0.253 e. The Labute approximate surface area is 173 Å². The molecule has 9 heteroatoms. The largest absolute Gasteiger partial charge is 0.378 e. The normalized spacial score (nSPS) is 19.7. The lowest BCUT2D eigenvalue weighted by Crippen LogP contribution is -2.38. The SMILES string of the molecule is CCC(OC)C(=O)Nc1cc(S(=O)(=O)N2CCCCC2)ccc1N1CCOCC1. The Hall–Kier alpha value is -1.68. The van der Waals surface area contributed by atoms with Crippen LogP contribution in [-0.2, 0) is 24.3 Å². The summed E-state index contributed by atoms with van der Waals surface area (Å²) in [6, 6.07) is 5.00. The van der Waals surface area contributed by atoms with Crippen LogP contribution in [0.4, 0.5) is 11.4 Å². The average molecular weight is 426 g/mol.